The summed E-state index contributed by atoms with van der Waals surface area (Å²) in [7, 11) is 1.66. The lowest BCUT2D eigenvalue weighted by Crippen LogP contribution is -2.31. The second-order valence-corrected chi connectivity index (χ2v) is 6.44. The highest BCUT2D eigenvalue weighted by Crippen LogP contribution is 2.29. The molecular weight excluding hydrogens is 318 g/mol. The fourth-order valence-electron chi connectivity index (χ4n) is 3.43. The van der Waals surface area contributed by atoms with Crippen molar-refractivity contribution < 1.29 is 9.53 Å². The highest BCUT2D eigenvalue weighted by atomic mass is 16.5. The molecule has 132 valence electrons. The van der Waals surface area contributed by atoms with Crippen LogP contribution >= 0.6 is 0 Å². The van der Waals surface area contributed by atoms with Gasteiger partial charge in [-0.25, -0.2) is 0 Å². The Kier molecular flexibility index (Phi) is 4.90. The SMILES string of the molecule is COc1ccc(CNC2CCCc3[nH]c(=O)c(C(N)=O)cc32)cc1C. The van der Waals surface area contributed by atoms with Gasteiger partial charge in [-0.05, 0) is 55.0 Å². The van der Waals surface area contributed by atoms with Crippen LogP contribution in [-0.4, -0.2) is 18.0 Å². The number of amides is 1. The molecule has 1 amide bonds. The Morgan fingerprint density at radius 2 is 2.20 bits per heavy atom. The van der Waals surface area contributed by atoms with E-state index in [1.54, 1.807) is 13.2 Å². The topological polar surface area (TPSA) is 97.2 Å². The molecule has 1 aromatic heterocycles. The maximum atomic E-state index is 11.9. The normalized spacial score (nSPS) is 16.3. The zero-order valence-corrected chi connectivity index (χ0v) is 14.5. The summed E-state index contributed by atoms with van der Waals surface area (Å²) in [5.74, 6) is 0.176. The lowest BCUT2D eigenvalue weighted by molar-refractivity contribution is 0.0998. The molecule has 1 aliphatic carbocycles. The molecule has 4 N–H and O–H groups in total. The van der Waals surface area contributed by atoms with Gasteiger partial charge in [-0.3, -0.25) is 9.59 Å². The van der Waals surface area contributed by atoms with Gasteiger partial charge in [0.25, 0.3) is 11.5 Å². The molecule has 0 spiro atoms. The third-order valence-electron chi connectivity index (χ3n) is 4.73. The smallest absolute Gasteiger partial charge is 0.261 e. The van der Waals surface area contributed by atoms with Crippen LogP contribution < -0.4 is 21.3 Å². The number of nitrogens with one attached hydrogen (secondary N) is 2. The molecule has 2 aromatic rings. The number of carbonyl (C=O) groups is 1. The minimum Gasteiger partial charge on any atom is -0.496 e. The lowest BCUT2D eigenvalue weighted by Gasteiger charge is -2.26. The second-order valence-electron chi connectivity index (χ2n) is 6.44. The van der Waals surface area contributed by atoms with Gasteiger partial charge < -0.3 is 20.8 Å². The van der Waals surface area contributed by atoms with Gasteiger partial charge in [0.15, 0.2) is 0 Å². The average Bonchev–Trinajstić information content (AvgIpc) is 2.59. The van der Waals surface area contributed by atoms with Crippen LogP contribution in [0.5, 0.6) is 5.75 Å². The Balaban J connectivity index is 1.81. The number of carbonyl (C=O) groups excluding carboxylic acids is 1. The van der Waals surface area contributed by atoms with Crippen molar-refractivity contribution in [3.05, 3.63) is 62.6 Å². The number of primary amides is 1. The molecule has 1 unspecified atom stereocenters. The highest BCUT2D eigenvalue weighted by molar-refractivity contribution is 5.92. The summed E-state index contributed by atoms with van der Waals surface area (Å²) >= 11 is 0. The van der Waals surface area contributed by atoms with Crippen LogP contribution in [0.4, 0.5) is 0 Å². The van der Waals surface area contributed by atoms with Crippen molar-refractivity contribution in [3.63, 3.8) is 0 Å². The fourth-order valence-corrected chi connectivity index (χ4v) is 3.43. The van der Waals surface area contributed by atoms with Gasteiger partial charge in [-0.1, -0.05) is 12.1 Å². The number of aromatic amines is 1. The molecule has 1 heterocycles. The number of hydrogen-bond donors (Lipinski definition) is 3. The predicted octanol–water partition coefficient (Wildman–Crippen LogP) is 1.96. The van der Waals surface area contributed by atoms with Crippen molar-refractivity contribution in [1.82, 2.24) is 10.3 Å². The lowest BCUT2D eigenvalue weighted by atomic mass is 9.90. The van der Waals surface area contributed by atoms with Gasteiger partial charge in [-0.15, -0.1) is 0 Å². The molecule has 0 radical (unpaired) electrons. The number of fused-ring (bicyclic) bond motifs is 1. The van der Waals surface area contributed by atoms with Crippen LogP contribution in [0.2, 0.25) is 0 Å². The Morgan fingerprint density at radius 1 is 1.40 bits per heavy atom. The number of hydrogen-bond acceptors (Lipinski definition) is 4. The standard InChI is InChI=1S/C19H23N3O3/c1-11-8-12(6-7-17(11)25-2)10-21-15-4-3-5-16-13(15)9-14(18(20)23)19(24)22-16/h6-9,15,21H,3-5,10H2,1-2H3,(H2,20,23)(H,22,24). The van der Waals surface area contributed by atoms with Crippen LogP contribution in [0, 0.1) is 6.92 Å². The molecule has 25 heavy (non-hydrogen) atoms. The van der Waals surface area contributed by atoms with E-state index in [2.05, 4.69) is 16.4 Å². The van der Waals surface area contributed by atoms with Gasteiger partial charge in [0.05, 0.1) is 7.11 Å². The molecule has 1 aliphatic rings. The fraction of sp³-hybridized carbons (Fsp3) is 0.368. The maximum Gasteiger partial charge on any atom is 0.261 e. The maximum absolute atomic E-state index is 11.9. The summed E-state index contributed by atoms with van der Waals surface area (Å²) in [6.45, 7) is 2.71. The summed E-state index contributed by atoms with van der Waals surface area (Å²) in [4.78, 5) is 26.2. The van der Waals surface area contributed by atoms with E-state index >= 15 is 0 Å². The number of ether oxygens (including phenoxy) is 1. The van der Waals surface area contributed by atoms with Crippen molar-refractivity contribution in [2.24, 2.45) is 5.73 Å². The van der Waals surface area contributed by atoms with E-state index in [9.17, 15) is 9.59 Å². The predicted molar refractivity (Wildman–Crippen MR) is 95.8 cm³/mol. The molecule has 6 heteroatoms. The summed E-state index contributed by atoms with van der Waals surface area (Å²) in [6, 6.07) is 7.82. The van der Waals surface area contributed by atoms with Gasteiger partial charge >= 0.3 is 0 Å². The Morgan fingerprint density at radius 3 is 2.88 bits per heavy atom. The van der Waals surface area contributed by atoms with Gasteiger partial charge in [0.1, 0.15) is 11.3 Å². The third-order valence-corrected chi connectivity index (χ3v) is 4.73. The van der Waals surface area contributed by atoms with Crippen molar-refractivity contribution in [3.8, 4) is 5.75 Å². The van der Waals surface area contributed by atoms with Crippen molar-refractivity contribution in [2.45, 2.75) is 38.8 Å². The first-order valence-electron chi connectivity index (χ1n) is 8.42. The molecular formula is C19H23N3O3. The quantitative estimate of drug-likeness (QED) is 0.774. The van der Waals surface area contributed by atoms with E-state index < -0.39 is 11.5 Å². The number of pyridine rings is 1. The third kappa shape index (κ3) is 3.58. The Bertz CT molecular complexity index is 857. The van der Waals surface area contributed by atoms with Gasteiger partial charge in [-0.2, -0.15) is 0 Å². The average molecular weight is 341 g/mol. The largest absolute Gasteiger partial charge is 0.496 e. The minimum atomic E-state index is -0.695. The van der Waals surface area contributed by atoms with Crippen LogP contribution in [-0.2, 0) is 13.0 Å². The first-order valence-corrected chi connectivity index (χ1v) is 8.42. The monoisotopic (exact) mass is 341 g/mol. The molecule has 0 bridgehead atoms. The number of H-pyrrole nitrogens is 1. The van der Waals surface area contributed by atoms with Crippen LogP contribution in [0.15, 0.2) is 29.1 Å². The van der Waals surface area contributed by atoms with Crippen LogP contribution in [0.25, 0.3) is 0 Å². The highest BCUT2D eigenvalue weighted by Gasteiger charge is 2.23. The molecule has 0 saturated heterocycles. The number of methoxy groups -OCH3 is 1. The number of benzene rings is 1. The number of nitrogens with two attached hydrogens (primary N) is 1. The van der Waals surface area contributed by atoms with Crippen molar-refractivity contribution in [1.29, 1.82) is 0 Å². The molecule has 1 atom stereocenters. The van der Waals surface area contributed by atoms with Crippen molar-refractivity contribution in [2.75, 3.05) is 7.11 Å². The molecule has 0 fully saturated rings. The van der Waals surface area contributed by atoms with E-state index in [0.717, 1.165) is 47.4 Å². The van der Waals surface area contributed by atoms with E-state index in [1.807, 2.05) is 19.1 Å². The second kappa shape index (κ2) is 7.11. The zero-order chi connectivity index (χ0) is 18.0. The first-order chi connectivity index (χ1) is 12.0. The summed E-state index contributed by atoms with van der Waals surface area (Å²) in [5.41, 5.74) is 9.03. The molecule has 0 saturated carbocycles. The van der Waals surface area contributed by atoms with E-state index in [0.29, 0.717) is 6.54 Å². The first kappa shape index (κ1) is 17.2. The molecule has 6 nitrogen and oxygen atoms in total. The van der Waals surface area contributed by atoms with E-state index in [4.69, 9.17) is 10.5 Å². The van der Waals surface area contributed by atoms with E-state index in [-0.39, 0.29) is 11.6 Å². The van der Waals surface area contributed by atoms with Crippen LogP contribution in [0.3, 0.4) is 0 Å². The van der Waals surface area contributed by atoms with E-state index in [1.165, 1.54) is 0 Å². The number of aryl methyl sites for hydroxylation is 2. The molecule has 3 rings (SSSR count). The Hall–Kier alpha value is -2.60. The number of rotatable bonds is 5. The minimum absolute atomic E-state index is 0.0211. The van der Waals surface area contributed by atoms with Crippen molar-refractivity contribution >= 4 is 5.91 Å². The number of aromatic nitrogens is 1. The van der Waals surface area contributed by atoms with Gasteiger partial charge in [0.2, 0.25) is 0 Å². The van der Waals surface area contributed by atoms with Gasteiger partial charge in [0, 0.05) is 18.3 Å². The molecule has 1 aromatic carbocycles. The van der Waals surface area contributed by atoms with Crippen LogP contribution in [0.1, 0.15) is 51.6 Å². The summed E-state index contributed by atoms with van der Waals surface area (Å²) < 4.78 is 5.29. The zero-order valence-electron chi connectivity index (χ0n) is 14.5. The molecule has 0 aliphatic heterocycles. The Labute approximate surface area is 146 Å². The summed E-state index contributed by atoms with van der Waals surface area (Å²) in [6.07, 6.45) is 2.74. The summed E-state index contributed by atoms with van der Waals surface area (Å²) in [5, 5.41) is 3.53.